The third kappa shape index (κ3) is 3.54. The van der Waals surface area contributed by atoms with Gasteiger partial charge in [-0.15, -0.1) is 0 Å². The molecule has 0 aliphatic rings. The van der Waals surface area contributed by atoms with Gasteiger partial charge in [0.1, 0.15) is 0 Å². The molecule has 0 saturated carbocycles. The molecule has 0 fully saturated rings. The Morgan fingerprint density at radius 3 is 2.67 bits per heavy atom. The van der Waals surface area contributed by atoms with Crippen LogP contribution in [-0.2, 0) is 4.79 Å². The molecule has 0 aromatic carbocycles. The molecule has 2 N–H and O–H groups in total. The Hall–Kier alpha value is -0.0200. The fourth-order valence-electron chi connectivity index (χ4n) is 0.381. The first-order chi connectivity index (χ1) is 4.22. The van der Waals surface area contributed by atoms with Gasteiger partial charge in [0.15, 0.2) is 5.12 Å². The monoisotopic (exact) mass is 147 g/mol. The van der Waals surface area contributed by atoms with Crippen LogP contribution in [0.1, 0.15) is 13.8 Å². The summed E-state index contributed by atoms with van der Waals surface area (Å²) in [6.07, 6.45) is 0. The number of nitrogens with two attached hydrogens (primary N) is 1. The van der Waals surface area contributed by atoms with Crippen LogP contribution in [0.15, 0.2) is 0 Å². The Morgan fingerprint density at radius 2 is 2.33 bits per heavy atom. The van der Waals surface area contributed by atoms with Crippen LogP contribution in [0.5, 0.6) is 0 Å². The van der Waals surface area contributed by atoms with Crippen molar-refractivity contribution in [2.24, 2.45) is 11.7 Å². The van der Waals surface area contributed by atoms with E-state index >= 15 is 0 Å². The Labute approximate surface area is 60.2 Å². The second-order valence-corrected chi connectivity index (χ2v) is 3.16. The van der Waals surface area contributed by atoms with Crippen molar-refractivity contribution in [3.63, 3.8) is 0 Å². The minimum Gasteiger partial charge on any atom is -0.330 e. The van der Waals surface area contributed by atoms with Gasteiger partial charge in [0.2, 0.25) is 0 Å². The molecule has 54 valence electrons. The molecule has 0 rings (SSSR count). The lowest BCUT2D eigenvalue weighted by Gasteiger charge is -2.03. The Balaban J connectivity index is 3.46. The largest absolute Gasteiger partial charge is 0.330 e. The zero-order valence-electron chi connectivity index (χ0n) is 5.89. The van der Waals surface area contributed by atoms with E-state index in [4.69, 9.17) is 5.73 Å². The van der Waals surface area contributed by atoms with Crippen molar-refractivity contribution in [1.82, 2.24) is 0 Å². The molecule has 9 heavy (non-hydrogen) atoms. The predicted octanol–water partition coefficient (Wildman–Crippen LogP) is 0.861. The minimum atomic E-state index is 0.0231. The number of rotatable bonds is 3. The molecule has 3 heteroatoms. The molecule has 2 nitrogen and oxygen atoms in total. The van der Waals surface area contributed by atoms with E-state index < -0.39 is 0 Å². The van der Waals surface area contributed by atoms with Crippen LogP contribution in [0.4, 0.5) is 0 Å². The van der Waals surface area contributed by atoms with Crippen LogP contribution < -0.4 is 5.73 Å². The maximum absolute atomic E-state index is 10.9. The average molecular weight is 147 g/mol. The third-order valence-electron chi connectivity index (χ3n) is 1.04. The van der Waals surface area contributed by atoms with Crippen molar-refractivity contribution in [3.8, 4) is 0 Å². The lowest BCUT2D eigenvalue weighted by molar-refractivity contribution is -0.113. The predicted molar refractivity (Wildman–Crippen MR) is 41.4 cm³/mol. The highest BCUT2D eigenvalue weighted by molar-refractivity contribution is 8.13. The van der Waals surface area contributed by atoms with Crippen molar-refractivity contribution in [2.75, 3.05) is 12.3 Å². The molecule has 0 aliphatic carbocycles. The van der Waals surface area contributed by atoms with Crippen molar-refractivity contribution in [1.29, 1.82) is 0 Å². The summed E-state index contributed by atoms with van der Waals surface area (Å²) in [6.45, 7) is 4.28. The van der Waals surface area contributed by atoms with Gasteiger partial charge in [-0.1, -0.05) is 25.6 Å². The quantitative estimate of drug-likeness (QED) is 0.644. The molecule has 0 aromatic rings. The van der Waals surface area contributed by atoms with E-state index in [-0.39, 0.29) is 11.0 Å². The second kappa shape index (κ2) is 4.82. The summed E-state index contributed by atoms with van der Waals surface area (Å²) >= 11 is 1.35. The average Bonchev–Trinajstić information content (AvgIpc) is 1.87. The molecule has 0 radical (unpaired) electrons. The van der Waals surface area contributed by atoms with Crippen LogP contribution in [0, 0.1) is 5.92 Å². The van der Waals surface area contributed by atoms with Crippen LogP contribution in [0.2, 0.25) is 0 Å². The fraction of sp³-hybridized carbons (Fsp3) is 0.833. The first-order valence-electron chi connectivity index (χ1n) is 3.09. The van der Waals surface area contributed by atoms with E-state index in [1.165, 1.54) is 11.8 Å². The SMILES string of the molecule is CCSC(=O)C(C)CN. The third-order valence-corrected chi connectivity index (χ3v) is 2.02. The lowest BCUT2D eigenvalue weighted by Crippen LogP contribution is -2.17. The standard InChI is InChI=1S/C6H13NOS/c1-3-9-6(8)5(2)4-7/h5H,3-4,7H2,1-2H3. The van der Waals surface area contributed by atoms with Gasteiger partial charge in [-0.05, 0) is 5.75 Å². The Bertz CT molecular complexity index is 95.1. The van der Waals surface area contributed by atoms with E-state index in [0.29, 0.717) is 6.54 Å². The molecule has 1 unspecified atom stereocenters. The van der Waals surface area contributed by atoms with E-state index in [2.05, 4.69) is 0 Å². The molecule has 0 heterocycles. The van der Waals surface area contributed by atoms with Crippen molar-refractivity contribution in [2.45, 2.75) is 13.8 Å². The van der Waals surface area contributed by atoms with Gasteiger partial charge in [0, 0.05) is 12.5 Å². The summed E-state index contributed by atoms with van der Waals surface area (Å²) < 4.78 is 0. The van der Waals surface area contributed by atoms with Crippen LogP contribution in [-0.4, -0.2) is 17.4 Å². The summed E-state index contributed by atoms with van der Waals surface area (Å²) in [5.74, 6) is 0.873. The van der Waals surface area contributed by atoms with Crippen LogP contribution in [0.25, 0.3) is 0 Å². The van der Waals surface area contributed by atoms with Gasteiger partial charge in [-0.3, -0.25) is 4.79 Å². The zero-order valence-corrected chi connectivity index (χ0v) is 6.70. The molecule has 0 bridgehead atoms. The highest BCUT2D eigenvalue weighted by Crippen LogP contribution is 2.08. The smallest absolute Gasteiger partial charge is 0.192 e. The number of carbonyl (C=O) groups excluding carboxylic acids is 1. The summed E-state index contributed by atoms with van der Waals surface area (Å²) in [7, 11) is 0. The minimum absolute atomic E-state index is 0.0231. The highest BCUT2D eigenvalue weighted by Gasteiger charge is 2.08. The normalized spacial score (nSPS) is 13.2. The lowest BCUT2D eigenvalue weighted by atomic mass is 10.2. The summed E-state index contributed by atoms with van der Waals surface area (Å²) in [5, 5.41) is 0.208. The van der Waals surface area contributed by atoms with Gasteiger partial charge in [-0.25, -0.2) is 0 Å². The van der Waals surface area contributed by atoms with Gasteiger partial charge in [0.25, 0.3) is 0 Å². The number of carbonyl (C=O) groups is 1. The zero-order chi connectivity index (χ0) is 7.28. The number of hydrogen-bond donors (Lipinski definition) is 1. The summed E-state index contributed by atoms with van der Waals surface area (Å²) in [4.78, 5) is 10.9. The van der Waals surface area contributed by atoms with E-state index in [9.17, 15) is 4.79 Å². The van der Waals surface area contributed by atoms with Crippen molar-refractivity contribution < 1.29 is 4.79 Å². The molecule has 0 aliphatic heterocycles. The molecule has 0 amide bonds. The fourth-order valence-corrected chi connectivity index (χ4v) is 1.05. The number of hydrogen-bond acceptors (Lipinski definition) is 3. The molecule has 0 saturated heterocycles. The first kappa shape index (κ1) is 8.98. The Kier molecular flexibility index (Phi) is 4.81. The van der Waals surface area contributed by atoms with Crippen molar-refractivity contribution in [3.05, 3.63) is 0 Å². The van der Waals surface area contributed by atoms with Gasteiger partial charge in [-0.2, -0.15) is 0 Å². The molecule has 1 atom stereocenters. The van der Waals surface area contributed by atoms with Gasteiger partial charge < -0.3 is 5.73 Å². The van der Waals surface area contributed by atoms with Gasteiger partial charge >= 0.3 is 0 Å². The topological polar surface area (TPSA) is 43.1 Å². The maximum atomic E-state index is 10.9. The van der Waals surface area contributed by atoms with E-state index in [1.807, 2.05) is 13.8 Å². The summed E-state index contributed by atoms with van der Waals surface area (Å²) in [5.41, 5.74) is 5.27. The first-order valence-corrected chi connectivity index (χ1v) is 4.07. The van der Waals surface area contributed by atoms with Crippen LogP contribution in [0.3, 0.4) is 0 Å². The van der Waals surface area contributed by atoms with E-state index in [0.717, 1.165) is 5.75 Å². The summed E-state index contributed by atoms with van der Waals surface area (Å²) in [6, 6.07) is 0. The molecule has 0 aromatic heterocycles. The van der Waals surface area contributed by atoms with Gasteiger partial charge in [0.05, 0.1) is 0 Å². The molecular formula is C6H13NOS. The second-order valence-electron chi connectivity index (χ2n) is 1.89. The maximum Gasteiger partial charge on any atom is 0.192 e. The van der Waals surface area contributed by atoms with Crippen molar-refractivity contribution >= 4 is 16.9 Å². The molecule has 0 spiro atoms. The van der Waals surface area contributed by atoms with E-state index in [1.54, 1.807) is 0 Å². The highest BCUT2D eigenvalue weighted by atomic mass is 32.2. The van der Waals surface area contributed by atoms with Crippen LogP contribution >= 0.6 is 11.8 Å². The molecular weight excluding hydrogens is 134 g/mol. The number of thioether (sulfide) groups is 1. The Morgan fingerprint density at radius 1 is 1.78 bits per heavy atom.